The summed E-state index contributed by atoms with van der Waals surface area (Å²) in [5, 5.41) is 16.6. The van der Waals surface area contributed by atoms with Crippen LogP contribution in [0.5, 0.6) is 0 Å². The Balaban J connectivity index is -0.000000720. The SMILES string of the molecule is O=C(O)CCCCCCCC(=O)O.[Li].[Li]. The van der Waals surface area contributed by atoms with Crippen LogP contribution in [0.25, 0.3) is 0 Å². The van der Waals surface area contributed by atoms with Gasteiger partial charge in [0.15, 0.2) is 0 Å². The van der Waals surface area contributed by atoms with Gasteiger partial charge in [0, 0.05) is 50.6 Å². The molecule has 2 radical (unpaired) electrons. The first-order valence-electron chi connectivity index (χ1n) is 4.56. The maximum absolute atomic E-state index is 10.1. The topological polar surface area (TPSA) is 74.6 Å². The molecule has 0 aliphatic heterocycles. The van der Waals surface area contributed by atoms with E-state index in [0.29, 0.717) is 12.8 Å². The second-order valence-electron chi connectivity index (χ2n) is 3.06. The number of unbranched alkanes of at least 4 members (excludes halogenated alkanes) is 4. The van der Waals surface area contributed by atoms with Gasteiger partial charge in [-0.2, -0.15) is 0 Å². The molecule has 0 saturated heterocycles. The van der Waals surface area contributed by atoms with E-state index in [1.807, 2.05) is 0 Å². The smallest absolute Gasteiger partial charge is 0.303 e. The number of carboxylic acids is 2. The number of hydrogen-bond acceptors (Lipinski definition) is 2. The Bertz CT molecular complexity index is 155. The average molecular weight is 202 g/mol. The van der Waals surface area contributed by atoms with Gasteiger partial charge in [-0.3, -0.25) is 9.59 Å². The van der Waals surface area contributed by atoms with E-state index < -0.39 is 11.9 Å². The van der Waals surface area contributed by atoms with Crippen molar-refractivity contribution in [2.45, 2.75) is 44.9 Å². The van der Waals surface area contributed by atoms with E-state index in [1.54, 1.807) is 0 Å². The molecule has 0 saturated carbocycles. The van der Waals surface area contributed by atoms with Crippen molar-refractivity contribution < 1.29 is 19.8 Å². The number of carbonyl (C=O) groups is 2. The van der Waals surface area contributed by atoms with Crippen LogP contribution < -0.4 is 0 Å². The second kappa shape index (κ2) is 14.1. The summed E-state index contributed by atoms with van der Waals surface area (Å²) in [6.07, 6.45) is 4.53. The summed E-state index contributed by atoms with van der Waals surface area (Å²) in [5.41, 5.74) is 0. The Kier molecular flexibility index (Phi) is 19.4. The van der Waals surface area contributed by atoms with E-state index in [4.69, 9.17) is 10.2 Å². The Labute approximate surface area is 114 Å². The predicted octanol–water partition coefficient (Wildman–Crippen LogP) is 1.12. The molecule has 0 spiro atoms. The van der Waals surface area contributed by atoms with Crippen molar-refractivity contribution >= 4 is 49.7 Å². The van der Waals surface area contributed by atoms with Crippen LogP contribution in [0.4, 0.5) is 0 Å². The summed E-state index contributed by atoms with van der Waals surface area (Å²) in [7, 11) is 0. The molecule has 0 unspecified atom stereocenters. The zero-order valence-electron chi connectivity index (χ0n) is 9.66. The van der Waals surface area contributed by atoms with E-state index in [0.717, 1.165) is 19.3 Å². The minimum absolute atomic E-state index is 0. The molecule has 0 aromatic rings. The van der Waals surface area contributed by atoms with Crippen LogP contribution in [0.2, 0.25) is 0 Å². The summed E-state index contributed by atoms with van der Waals surface area (Å²) in [4.78, 5) is 20.2. The average Bonchev–Trinajstić information content (AvgIpc) is 2.01. The molecule has 0 atom stereocenters. The molecular weight excluding hydrogens is 186 g/mol. The molecule has 0 rings (SSSR count). The molecule has 0 aliphatic rings. The third kappa shape index (κ3) is 20.3. The van der Waals surface area contributed by atoms with Gasteiger partial charge in [0.2, 0.25) is 0 Å². The summed E-state index contributed by atoms with van der Waals surface area (Å²) in [6, 6.07) is 0. The van der Waals surface area contributed by atoms with Crippen LogP contribution in [-0.4, -0.2) is 59.9 Å². The van der Waals surface area contributed by atoms with Crippen molar-refractivity contribution in [1.29, 1.82) is 0 Å². The third-order valence-electron chi connectivity index (χ3n) is 1.78. The van der Waals surface area contributed by atoms with Crippen LogP contribution in [0.15, 0.2) is 0 Å². The van der Waals surface area contributed by atoms with Gasteiger partial charge in [-0.25, -0.2) is 0 Å². The van der Waals surface area contributed by atoms with Gasteiger partial charge in [0.05, 0.1) is 0 Å². The van der Waals surface area contributed by atoms with E-state index >= 15 is 0 Å². The quantitative estimate of drug-likeness (QED) is 0.457. The molecule has 0 aromatic carbocycles. The minimum atomic E-state index is -0.759. The van der Waals surface area contributed by atoms with E-state index in [1.165, 1.54) is 0 Å². The molecule has 0 bridgehead atoms. The van der Waals surface area contributed by atoms with Gasteiger partial charge in [-0.1, -0.05) is 19.3 Å². The largest absolute Gasteiger partial charge is 0.481 e. The van der Waals surface area contributed by atoms with Crippen molar-refractivity contribution in [1.82, 2.24) is 0 Å². The number of hydrogen-bond donors (Lipinski definition) is 2. The van der Waals surface area contributed by atoms with E-state index in [2.05, 4.69) is 0 Å². The van der Waals surface area contributed by atoms with Crippen molar-refractivity contribution in [3.8, 4) is 0 Å². The number of carboxylic acid groups (broad SMARTS) is 2. The summed E-state index contributed by atoms with van der Waals surface area (Å²) < 4.78 is 0. The van der Waals surface area contributed by atoms with Crippen LogP contribution >= 0.6 is 0 Å². The zero-order valence-corrected chi connectivity index (χ0v) is 9.66. The fourth-order valence-electron chi connectivity index (χ4n) is 1.08. The van der Waals surface area contributed by atoms with Gasteiger partial charge < -0.3 is 10.2 Å². The fourth-order valence-corrected chi connectivity index (χ4v) is 1.08. The molecular formula is C9H16Li2O4. The molecule has 4 nitrogen and oxygen atoms in total. The molecule has 15 heavy (non-hydrogen) atoms. The standard InChI is InChI=1S/C9H16O4.2Li/c10-8(11)6-4-2-1-3-5-7-9(12)13;;/h1-7H2,(H,10,11)(H,12,13);;. The normalized spacial score (nSPS) is 8.53. The first kappa shape index (κ1) is 20.5. The molecule has 0 aliphatic carbocycles. The molecule has 0 heterocycles. The molecule has 78 valence electrons. The van der Waals surface area contributed by atoms with Crippen LogP contribution in [0, 0.1) is 0 Å². The third-order valence-corrected chi connectivity index (χ3v) is 1.78. The van der Waals surface area contributed by atoms with Crippen LogP contribution in [0.3, 0.4) is 0 Å². The fraction of sp³-hybridized carbons (Fsp3) is 0.778. The number of rotatable bonds is 8. The predicted molar refractivity (Wildman–Crippen MR) is 59.1 cm³/mol. The van der Waals surface area contributed by atoms with E-state index in [-0.39, 0.29) is 50.6 Å². The molecule has 0 fully saturated rings. The van der Waals surface area contributed by atoms with Crippen LogP contribution in [-0.2, 0) is 9.59 Å². The summed E-state index contributed by atoms with van der Waals surface area (Å²) in [5.74, 6) is -1.52. The van der Waals surface area contributed by atoms with Crippen molar-refractivity contribution in [2.75, 3.05) is 0 Å². The summed E-state index contributed by atoms with van der Waals surface area (Å²) >= 11 is 0. The first-order valence-corrected chi connectivity index (χ1v) is 4.56. The van der Waals surface area contributed by atoms with Crippen LogP contribution in [0.1, 0.15) is 44.9 Å². The Morgan fingerprint density at radius 2 is 0.933 bits per heavy atom. The monoisotopic (exact) mass is 202 g/mol. The Morgan fingerprint density at radius 3 is 1.20 bits per heavy atom. The zero-order chi connectivity index (χ0) is 10.1. The van der Waals surface area contributed by atoms with Gasteiger partial charge in [-0.15, -0.1) is 0 Å². The molecule has 0 amide bonds. The molecule has 6 heteroatoms. The summed E-state index contributed by atoms with van der Waals surface area (Å²) in [6.45, 7) is 0. The molecule has 2 N–H and O–H groups in total. The molecule has 0 aromatic heterocycles. The Hall–Kier alpha value is 0.135. The van der Waals surface area contributed by atoms with Gasteiger partial charge in [0.1, 0.15) is 0 Å². The number of aliphatic carboxylic acids is 2. The minimum Gasteiger partial charge on any atom is -0.481 e. The van der Waals surface area contributed by atoms with Gasteiger partial charge in [0.25, 0.3) is 0 Å². The second-order valence-corrected chi connectivity index (χ2v) is 3.06. The van der Waals surface area contributed by atoms with Crippen molar-refractivity contribution in [2.24, 2.45) is 0 Å². The van der Waals surface area contributed by atoms with Crippen molar-refractivity contribution in [3.63, 3.8) is 0 Å². The Morgan fingerprint density at radius 1 is 0.667 bits per heavy atom. The maximum atomic E-state index is 10.1. The maximum Gasteiger partial charge on any atom is 0.303 e. The van der Waals surface area contributed by atoms with Crippen molar-refractivity contribution in [3.05, 3.63) is 0 Å². The van der Waals surface area contributed by atoms with Gasteiger partial charge in [-0.05, 0) is 12.8 Å². The van der Waals surface area contributed by atoms with Gasteiger partial charge >= 0.3 is 11.9 Å². The van der Waals surface area contributed by atoms with E-state index in [9.17, 15) is 9.59 Å². The first-order chi connectivity index (χ1) is 6.13.